The summed E-state index contributed by atoms with van der Waals surface area (Å²) >= 11 is 0. The highest BCUT2D eigenvalue weighted by Crippen LogP contribution is 2.37. The van der Waals surface area contributed by atoms with Crippen molar-refractivity contribution in [2.45, 2.75) is 70.9 Å². The maximum atomic E-state index is 14.9. The minimum Gasteiger partial charge on any atom is -0.490 e. The molecule has 168 valence electrons. The van der Waals surface area contributed by atoms with E-state index >= 15 is 0 Å². The van der Waals surface area contributed by atoms with E-state index in [0.29, 0.717) is 16.8 Å². The highest BCUT2D eigenvalue weighted by molar-refractivity contribution is 6.62. The minimum atomic E-state index is -1.68. The van der Waals surface area contributed by atoms with Crippen molar-refractivity contribution in [1.82, 2.24) is 4.90 Å². The van der Waals surface area contributed by atoms with Crippen LogP contribution in [0.25, 0.3) is 0 Å². The average molecular weight is 432 g/mol. The van der Waals surface area contributed by atoms with E-state index in [2.05, 4.69) is 6.07 Å². The van der Waals surface area contributed by atoms with Crippen molar-refractivity contribution < 1.29 is 28.0 Å². The SMILES string of the molecule is CC(C)(C)OC(=O)N1CC(F)(COc2cc(C#N)cc(B3OC(C)(C)C(C)(C)O3)c2)C1. The maximum Gasteiger partial charge on any atom is 0.495 e. The molecule has 0 spiro atoms. The van der Waals surface area contributed by atoms with Gasteiger partial charge in [0.25, 0.3) is 0 Å². The van der Waals surface area contributed by atoms with Gasteiger partial charge in [-0.25, -0.2) is 9.18 Å². The molecular weight excluding hydrogens is 402 g/mol. The molecule has 31 heavy (non-hydrogen) atoms. The molecule has 0 aromatic heterocycles. The normalized spacial score (nSPS) is 21.3. The van der Waals surface area contributed by atoms with E-state index < -0.39 is 35.7 Å². The molecule has 1 aromatic carbocycles. The second-order valence-electron chi connectivity index (χ2n) is 10.3. The van der Waals surface area contributed by atoms with E-state index in [0.717, 1.165) is 0 Å². The third-order valence-corrected chi connectivity index (χ3v) is 5.68. The number of ether oxygens (including phenoxy) is 2. The molecule has 0 radical (unpaired) electrons. The van der Waals surface area contributed by atoms with Crippen molar-refractivity contribution in [2.75, 3.05) is 19.7 Å². The van der Waals surface area contributed by atoms with Gasteiger partial charge in [-0.3, -0.25) is 0 Å². The van der Waals surface area contributed by atoms with Gasteiger partial charge < -0.3 is 23.7 Å². The number of rotatable bonds is 4. The number of nitrogens with zero attached hydrogens (tertiary/aromatic N) is 2. The molecule has 0 saturated carbocycles. The Labute approximate surface area is 183 Å². The van der Waals surface area contributed by atoms with Crippen LogP contribution in [-0.4, -0.2) is 60.3 Å². The Balaban J connectivity index is 1.65. The second-order valence-corrected chi connectivity index (χ2v) is 10.3. The number of likely N-dealkylation sites (tertiary alicyclic amines) is 1. The standard InChI is InChI=1S/C22H30BFN2O5/c1-19(2,3)29-18(27)26-12-22(24,13-26)14-28-17-9-15(11-25)8-16(10-17)23-30-20(4,5)21(6,7)31-23/h8-10H,12-14H2,1-7H3. The predicted octanol–water partition coefficient (Wildman–Crippen LogP) is 3.20. The van der Waals surface area contributed by atoms with Crippen LogP contribution in [0.15, 0.2) is 18.2 Å². The second kappa shape index (κ2) is 7.68. The molecule has 1 aromatic rings. The fourth-order valence-electron chi connectivity index (χ4n) is 3.28. The van der Waals surface area contributed by atoms with Gasteiger partial charge in [0.2, 0.25) is 0 Å². The van der Waals surface area contributed by atoms with Gasteiger partial charge in [-0.2, -0.15) is 5.26 Å². The van der Waals surface area contributed by atoms with E-state index in [1.54, 1.807) is 39.0 Å². The molecule has 2 heterocycles. The Bertz CT molecular complexity index is 884. The van der Waals surface area contributed by atoms with Crippen molar-refractivity contribution in [3.05, 3.63) is 23.8 Å². The van der Waals surface area contributed by atoms with Crippen LogP contribution in [0, 0.1) is 11.3 Å². The molecule has 1 amide bonds. The van der Waals surface area contributed by atoms with E-state index in [9.17, 15) is 14.4 Å². The molecule has 0 N–H and O–H groups in total. The lowest BCUT2D eigenvalue weighted by Crippen LogP contribution is -2.64. The van der Waals surface area contributed by atoms with Gasteiger partial charge in [-0.05, 0) is 72.1 Å². The van der Waals surface area contributed by atoms with Crippen molar-refractivity contribution in [1.29, 1.82) is 5.26 Å². The third-order valence-electron chi connectivity index (χ3n) is 5.68. The van der Waals surface area contributed by atoms with Crippen molar-refractivity contribution in [3.63, 3.8) is 0 Å². The summed E-state index contributed by atoms with van der Waals surface area (Å²) in [6, 6.07) is 7.00. The van der Waals surface area contributed by atoms with E-state index in [-0.39, 0.29) is 19.7 Å². The predicted molar refractivity (Wildman–Crippen MR) is 114 cm³/mol. The van der Waals surface area contributed by atoms with Gasteiger partial charge in [-0.1, -0.05) is 0 Å². The van der Waals surface area contributed by atoms with Crippen LogP contribution in [0.3, 0.4) is 0 Å². The first kappa shape index (κ1) is 23.4. The quantitative estimate of drug-likeness (QED) is 0.680. The summed E-state index contributed by atoms with van der Waals surface area (Å²) in [6.07, 6.45) is -0.546. The molecule has 2 saturated heterocycles. The molecule has 0 atom stereocenters. The van der Waals surface area contributed by atoms with Gasteiger partial charge >= 0.3 is 13.2 Å². The summed E-state index contributed by atoms with van der Waals surface area (Å²) in [5, 5.41) is 9.39. The van der Waals surface area contributed by atoms with Crippen molar-refractivity contribution in [2.24, 2.45) is 0 Å². The number of hydrogen-bond acceptors (Lipinski definition) is 6. The Hall–Kier alpha value is -2.31. The molecule has 2 aliphatic rings. The summed E-state index contributed by atoms with van der Waals surface area (Å²) < 4.78 is 37.9. The molecule has 7 nitrogen and oxygen atoms in total. The number of carbonyl (C=O) groups is 1. The lowest BCUT2D eigenvalue weighted by molar-refractivity contribution is -0.0685. The fourth-order valence-corrected chi connectivity index (χ4v) is 3.28. The molecule has 3 rings (SSSR count). The van der Waals surface area contributed by atoms with E-state index in [1.807, 2.05) is 27.7 Å². The van der Waals surface area contributed by atoms with Crippen LogP contribution in [0.2, 0.25) is 0 Å². The van der Waals surface area contributed by atoms with Crippen LogP contribution in [0.4, 0.5) is 9.18 Å². The number of benzene rings is 1. The molecule has 9 heteroatoms. The third kappa shape index (κ3) is 5.13. The van der Waals surface area contributed by atoms with Gasteiger partial charge in [0.15, 0.2) is 5.67 Å². The zero-order valence-electron chi connectivity index (χ0n) is 19.2. The number of amides is 1. The van der Waals surface area contributed by atoms with Crippen LogP contribution in [-0.2, 0) is 14.0 Å². The first-order valence-electron chi connectivity index (χ1n) is 10.3. The Morgan fingerprint density at radius 3 is 2.29 bits per heavy atom. The largest absolute Gasteiger partial charge is 0.495 e. The molecule has 0 aliphatic carbocycles. The lowest BCUT2D eigenvalue weighted by Gasteiger charge is -2.43. The number of hydrogen-bond donors (Lipinski definition) is 0. The highest BCUT2D eigenvalue weighted by Gasteiger charge is 2.52. The molecule has 2 aliphatic heterocycles. The first-order chi connectivity index (χ1) is 14.1. The van der Waals surface area contributed by atoms with Gasteiger partial charge in [0.1, 0.15) is 18.0 Å². The Morgan fingerprint density at radius 1 is 1.19 bits per heavy atom. The smallest absolute Gasteiger partial charge is 0.490 e. The van der Waals surface area contributed by atoms with Crippen molar-refractivity contribution in [3.8, 4) is 11.8 Å². The van der Waals surface area contributed by atoms with Crippen LogP contribution in [0.1, 0.15) is 54.0 Å². The van der Waals surface area contributed by atoms with Crippen LogP contribution < -0.4 is 10.2 Å². The zero-order chi connectivity index (χ0) is 23.2. The summed E-state index contributed by atoms with van der Waals surface area (Å²) in [7, 11) is -0.661. The van der Waals surface area contributed by atoms with Gasteiger partial charge in [0.05, 0.1) is 35.9 Å². The highest BCUT2D eigenvalue weighted by atomic mass is 19.1. The molecule has 2 fully saturated rings. The lowest BCUT2D eigenvalue weighted by atomic mass is 9.78. The minimum absolute atomic E-state index is 0.107. The molecular formula is C22H30BFN2O5. The Kier molecular flexibility index (Phi) is 5.79. The number of alkyl halides is 1. The summed E-state index contributed by atoms with van der Waals surface area (Å²) in [5.41, 5.74) is -2.37. The monoisotopic (exact) mass is 432 g/mol. The first-order valence-corrected chi connectivity index (χ1v) is 10.3. The van der Waals surface area contributed by atoms with Crippen molar-refractivity contribution >= 4 is 18.7 Å². The Morgan fingerprint density at radius 2 is 1.77 bits per heavy atom. The average Bonchev–Trinajstić information content (AvgIpc) is 2.83. The summed E-state index contributed by atoms with van der Waals surface area (Å²) in [6.45, 7) is 12.6. The number of nitriles is 1. The summed E-state index contributed by atoms with van der Waals surface area (Å²) in [5.74, 6) is 0.344. The van der Waals surface area contributed by atoms with E-state index in [4.69, 9.17) is 18.8 Å². The number of halogens is 1. The van der Waals surface area contributed by atoms with Crippen LogP contribution in [0.5, 0.6) is 5.75 Å². The van der Waals surface area contributed by atoms with Gasteiger partial charge in [0, 0.05) is 0 Å². The zero-order valence-corrected chi connectivity index (χ0v) is 19.2. The summed E-state index contributed by atoms with van der Waals surface area (Å²) in [4.78, 5) is 13.3. The van der Waals surface area contributed by atoms with Gasteiger partial charge in [-0.15, -0.1) is 0 Å². The number of carbonyl (C=O) groups excluding carboxylic acids is 1. The topological polar surface area (TPSA) is 81.0 Å². The maximum absolute atomic E-state index is 14.9. The van der Waals surface area contributed by atoms with Crippen LogP contribution >= 0.6 is 0 Å². The molecule has 0 bridgehead atoms. The van der Waals surface area contributed by atoms with E-state index in [1.165, 1.54) is 4.90 Å². The molecule has 0 unspecified atom stereocenters. The fraction of sp³-hybridized carbons (Fsp3) is 0.636.